The normalized spacial score (nSPS) is 13.1. The number of halogens is 1. The van der Waals surface area contributed by atoms with Crippen molar-refractivity contribution in [2.45, 2.75) is 26.3 Å². The summed E-state index contributed by atoms with van der Waals surface area (Å²) in [4.78, 5) is 34.0. The molecule has 6 nitrogen and oxygen atoms in total. The third-order valence-corrected chi connectivity index (χ3v) is 5.02. The van der Waals surface area contributed by atoms with Crippen molar-refractivity contribution in [1.29, 1.82) is 0 Å². The smallest absolute Gasteiger partial charge is 0.320 e. The Morgan fingerprint density at radius 1 is 1.21 bits per heavy atom. The maximum atomic E-state index is 13.9. The second-order valence-corrected chi connectivity index (χ2v) is 7.17. The number of anilines is 1. The molecule has 3 aromatic rings. The molecule has 1 aliphatic heterocycles. The molecule has 4 rings (SSSR count). The summed E-state index contributed by atoms with van der Waals surface area (Å²) in [5.41, 5.74) is 3.16. The standard InChI is InChI=1S/C22H21FN4O2/c1-14-6-8-16(9-7-14)24-22(29)27-11-10-19-17(13-27)21(28)26-20(25-19)12-15-4-2-3-5-18(15)23/h2-9H,10-13H2,1H3,(H,24,29)(H,25,26,28). The number of H-pyrrole nitrogens is 1. The van der Waals surface area contributed by atoms with E-state index in [1.165, 1.54) is 6.07 Å². The van der Waals surface area contributed by atoms with Crippen LogP contribution in [0.5, 0.6) is 0 Å². The van der Waals surface area contributed by atoms with Crippen LogP contribution in [0.15, 0.2) is 53.3 Å². The number of aromatic amines is 1. The van der Waals surface area contributed by atoms with Crippen LogP contribution >= 0.6 is 0 Å². The van der Waals surface area contributed by atoms with Gasteiger partial charge in [-0.3, -0.25) is 4.79 Å². The lowest BCUT2D eigenvalue weighted by Gasteiger charge is -2.28. The summed E-state index contributed by atoms with van der Waals surface area (Å²) in [6.07, 6.45) is 0.692. The topological polar surface area (TPSA) is 78.1 Å². The Bertz CT molecular complexity index is 1110. The molecule has 29 heavy (non-hydrogen) atoms. The molecule has 148 valence electrons. The number of urea groups is 1. The fourth-order valence-electron chi connectivity index (χ4n) is 3.40. The van der Waals surface area contributed by atoms with Gasteiger partial charge in [-0.25, -0.2) is 14.2 Å². The summed E-state index contributed by atoms with van der Waals surface area (Å²) in [5.74, 6) is 0.100. The molecule has 7 heteroatoms. The Morgan fingerprint density at radius 2 is 1.97 bits per heavy atom. The summed E-state index contributed by atoms with van der Waals surface area (Å²) in [5, 5.41) is 2.85. The number of carbonyl (C=O) groups is 1. The van der Waals surface area contributed by atoms with Gasteiger partial charge < -0.3 is 15.2 Å². The molecule has 0 fully saturated rings. The number of aryl methyl sites for hydroxylation is 1. The molecule has 1 aromatic heterocycles. The van der Waals surface area contributed by atoms with Crippen molar-refractivity contribution in [3.05, 3.63) is 92.9 Å². The van der Waals surface area contributed by atoms with Crippen LogP contribution in [0.4, 0.5) is 14.9 Å². The molecule has 0 aliphatic carbocycles. The lowest BCUT2D eigenvalue weighted by Crippen LogP contribution is -2.42. The van der Waals surface area contributed by atoms with E-state index in [1.807, 2.05) is 31.2 Å². The highest BCUT2D eigenvalue weighted by Crippen LogP contribution is 2.17. The Balaban J connectivity index is 1.49. The molecule has 2 aromatic carbocycles. The first-order valence-electron chi connectivity index (χ1n) is 9.46. The van der Waals surface area contributed by atoms with Gasteiger partial charge >= 0.3 is 6.03 Å². The zero-order chi connectivity index (χ0) is 20.4. The molecule has 0 spiro atoms. The third kappa shape index (κ3) is 4.18. The van der Waals surface area contributed by atoms with E-state index < -0.39 is 0 Å². The van der Waals surface area contributed by atoms with Gasteiger partial charge in [0.1, 0.15) is 11.6 Å². The zero-order valence-electron chi connectivity index (χ0n) is 16.0. The van der Waals surface area contributed by atoms with Gasteiger partial charge in [-0.05, 0) is 30.7 Å². The summed E-state index contributed by atoms with van der Waals surface area (Å²) >= 11 is 0. The number of nitrogens with zero attached hydrogens (tertiary/aromatic N) is 2. The number of amides is 2. The Hall–Kier alpha value is -3.48. The predicted octanol–water partition coefficient (Wildman–Crippen LogP) is 3.40. The molecule has 1 aliphatic rings. The Kier molecular flexibility index (Phi) is 5.12. The molecule has 2 N–H and O–H groups in total. The summed E-state index contributed by atoms with van der Waals surface area (Å²) in [6, 6.07) is 13.7. The van der Waals surface area contributed by atoms with Gasteiger partial charge in [0.15, 0.2) is 0 Å². The lowest BCUT2D eigenvalue weighted by atomic mass is 10.1. The van der Waals surface area contributed by atoms with E-state index in [1.54, 1.807) is 23.1 Å². The summed E-state index contributed by atoms with van der Waals surface area (Å²) in [6.45, 7) is 2.63. The first-order chi connectivity index (χ1) is 14.0. The van der Waals surface area contributed by atoms with Gasteiger partial charge in [-0.1, -0.05) is 35.9 Å². The largest absolute Gasteiger partial charge is 0.322 e. The van der Waals surface area contributed by atoms with Crippen molar-refractivity contribution in [2.75, 3.05) is 11.9 Å². The van der Waals surface area contributed by atoms with E-state index in [4.69, 9.17) is 0 Å². The summed E-state index contributed by atoms with van der Waals surface area (Å²) in [7, 11) is 0. The monoisotopic (exact) mass is 392 g/mol. The zero-order valence-corrected chi connectivity index (χ0v) is 16.0. The number of carbonyl (C=O) groups excluding carboxylic acids is 1. The highest BCUT2D eigenvalue weighted by molar-refractivity contribution is 5.89. The van der Waals surface area contributed by atoms with Crippen molar-refractivity contribution < 1.29 is 9.18 Å². The average Bonchev–Trinajstić information content (AvgIpc) is 2.71. The molecule has 0 atom stereocenters. The van der Waals surface area contributed by atoms with Crippen LogP contribution in [0.3, 0.4) is 0 Å². The number of hydrogen-bond acceptors (Lipinski definition) is 3. The molecule has 0 unspecified atom stereocenters. The van der Waals surface area contributed by atoms with E-state index in [-0.39, 0.29) is 30.4 Å². The van der Waals surface area contributed by atoms with E-state index in [2.05, 4.69) is 15.3 Å². The van der Waals surface area contributed by atoms with Crippen molar-refractivity contribution in [2.24, 2.45) is 0 Å². The number of fused-ring (bicyclic) bond motifs is 1. The minimum absolute atomic E-state index is 0.190. The van der Waals surface area contributed by atoms with Crippen LogP contribution in [-0.2, 0) is 19.4 Å². The van der Waals surface area contributed by atoms with Crippen molar-refractivity contribution in [3.63, 3.8) is 0 Å². The van der Waals surface area contributed by atoms with Gasteiger partial charge in [0, 0.05) is 25.1 Å². The van der Waals surface area contributed by atoms with Crippen molar-refractivity contribution in [1.82, 2.24) is 14.9 Å². The van der Waals surface area contributed by atoms with Crippen molar-refractivity contribution in [3.8, 4) is 0 Å². The first-order valence-corrected chi connectivity index (χ1v) is 9.46. The van der Waals surface area contributed by atoms with Crippen LogP contribution in [0, 0.1) is 12.7 Å². The molecule has 0 bridgehead atoms. The summed E-state index contributed by atoms with van der Waals surface area (Å²) < 4.78 is 13.9. The van der Waals surface area contributed by atoms with Crippen LogP contribution in [0.2, 0.25) is 0 Å². The van der Waals surface area contributed by atoms with Crippen LogP contribution in [-0.4, -0.2) is 27.4 Å². The van der Waals surface area contributed by atoms with E-state index in [0.717, 1.165) is 5.56 Å². The maximum Gasteiger partial charge on any atom is 0.322 e. The van der Waals surface area contributed by atoms with E-state index in [0.29, 0.717) is 41.3 Å². The van der Waals surface area contributed by atoms with Gasteiger partial charge in [0.05, 0.1) is 17.8 Å². The maximum absolute atomic E-state index is 13.9. The van der Waals surface area contributed by atoms with Gasteiger partial charge in [-0.2, -0.15) is 0 Å². The minimum atomic E-state index is -0.327. The van der Waals surface area contributed by atoms with Gasteiger partial charge in [0.25, 0.3) is 5.56 Å². The van der Waals surface area contributed by atoms with Crippen LogP contribution in [0.25, 0.3) is 0 Å². The first kappa shape index (κ1) is 18.9. The predicted molar refractivity (Wildman–Crippen MR) is 108 cm³/mol. The van der Waals surface area contributed by atoms with E-state index >= 15 is 0 Å². The van der Waals surface area contributed by atoms with Crippen LogP contribution in [0.1, 0.15) is 28.2 Å². The highest BCUT2D eigenvalue weighted by atomic mass is 19.1. The molecular formula is C22H21FN4O2. The molecule has 2 heterocycles. The Labute approximate surface area is 167 Å². The second-order valence-electron chi connectivity index (χ2n) is 7.17. The molecule has 0 saturated carbocycles. The molecule has 0 radical (unpaired) electrons. The van der Waals surface area contributed by atoms with Gasteiger partial charge in [0.2, 0.25) is 0 Å². The van der Waals surface area contributed by atoms with Crippen LogP contribution < -0.4 is 10.9 Å². The molecule has 2 amide bonds. The van der Waals surface area contributed by atoms with E-state index in [9.17, 15) is 14.0 Å². The number of benzene rings is 2. The highest BCUT2D eigenvalue weighted by Gasteiger charge is 2.24. The van der Waals surface area contributed by atoms with Crippen molar-refractivity contribution >= 4 is 11.7 Å². The SMILES string of the molecule is Cc1ccc(NC(=O)N2CCc3nc(Cc4ccccc4F)[nH]c(=O)c3C2)cc1. The third-order valence-electron chi connectivity index (χ3n) is 5.02. The quantitative estimate of drug-likeness (QED) is 0.717. The average molecular weight is 392 g/mol. The number of nitrogens with one attached hydrogen (secondary N) is 2. The van der Waals surface area contributed by atoms with Gasteiger partial charge in [-0.15, -0.1) is 0 Å². The number of rotatable bonds is 3. The Morgan fingerprint density at radius 3 is 2.72 bits per heavy atom. The lowest BCUT2D eigenvalue weighted by molar-refractivity contribution is 0.205. The fourth-order valence-corrected chi connectivity index (χ4v) is 3.40. The minimum Gasteiger partial charge on any atom is -0.320 e. The second kappa shape index (κ2) is 7.87. The number of hydrogen-bond donors (Lipinski definition) is 2. The molecule has 0 saturated heterocycles. The number of aromatic nitrogens is 2. The fraction of sp³-hybridized carbons (Fsp3) is 0.227. The molecular weight excluding hydrogens is 371 g/mol.